The number of anilines is 1. The van der Waals surface area contributed by atoms with E-state index in [2.05, 4.69) is 29.5 Å². The lowest BCUT2D eigenvalue weighted by molar-refractivity contribution is 0.0946. The van der Waals surface area contributed by atoms with Crippen molar-refractivity contribution in [2.45, 2.75) is 50.8 Å². The van der Waals surface area contributed by atoms with Gasteiger partial charge in [-0.1, -0.05) is 50.9 Å². The van der Waals surface area contributed by atoms with E-state index in [0.717, 1.165) is 23.7 Å². The Balaban J connectivity index is 1.56. The Morgan fingerprint density at radius 2 is 2.14 bits per heavy atom. The van der Waals surface area contributed by atoms with E-state index in [1.54, 1.807) is 6.07 Å². The number of carbonyl (C=O) groups is 1. The summed E-state index contributed by atoms with van der Waals surface area (Å²) in [5.41, 5.74) is 1.40. The molecule has 2 aliphatic heterocycles. The van der Waals surface area contributed by atoms with Crippen LogP contribution in [0.2, 0.25) is 0 Å². The molecular weight excluding hydrogens is 394 g/mol. The third kappa shape index (κ3) is 5.50. The zero-order valence-electron chi connectivity index (χ0n) is 16.5. The molecule has 0 bridgehead atoms. The predicted molar refractivity (Wildman–Crippen MR) is 117 cm³/mol. The minimum Gasteiger partial charge on any atom is -0.352 e. The fourth-order valence-corrected chi connectivity index (χ4v) is 7.24. The highest BCUT2D eigenvalue weighted by atomic mass is 32.2. The van der Waals surface area contributed by atoms with Gasteiger partial charge in [0, 0.05) is 23.0 Å². The van der Waals surface area contributed by atoms with Crippen LogP contribution in [0.4, 0.5) is 5.69 Å². The van der Waals surface area contributed by atoms with Crippen LogP contribution in [0.1, 0.15) is 49.9 Å². The summed E-state index contributed by atoms with van der Waals surface area (Å²) in [4.78, 5) is 17.0. The Labute approximate surface area is 171 Å². The number of thioether (sulfide) groups is 1. The Morgan fingerprint density at radius 3 is 2.86 bits per heavy atom. The minimum absolute atomic E-state index is 0.00748. The van der Waals surface area contributed by atoms with Crippen molar-refractivity contribution >= 4 is 38.4 Å². The van der Waals surface area contributed by atoms with Gasteiger partial charge in [-0.2, -0.15) is 0 Å². The van der Waals surface area contributed by atoms with Crippen LogP contribution in [0, 0.1) is 5.92 Å². The number of sulfone groups is 1. The fraction of sp³-hybridized carbons (Fsp3) is 0.600. The number of carbonyl (C=O) groups excluding carboxylic acids is 1. The van der Waals surface area contributed by atoms with E-state index in [4.69, 9.17) is 0 Å². The number of hydrogen-bond acceptors (Lipinski definition) is 6. The van der Waals surface area contributed by atoms with Crippen LogP contribution < -0.4 is 10.6 Å². The SMILES string of the molecule is CCCC[C@H](CC)CNC(=O)c1cccc(NC2=N[C@@H]3CS(=O)(=O)C[C@H]3S2)c1. The number of amidine groups is 1. The van der Waals surface area contributed by atoms with Gasteiger partial charge in [0.05, 0.1) is 17.5 Å². The van der Waals surface area contributed by atoms with E-state index in [1.807, 2.05) is 18.2 Å². The van der Waals surface area contributed by atoms with Gasteiger partial charge in [-0.25, -0.2) is 8.42 Å². The van der Waals surface area contributed by atoms with Crippen molar-refractivity contribution in [2.24, 2.45) is 10.9 Å². The first-order chi connectivity index (χ1) is 13.4. The molecule has 1 aromatic carbocycles. The van der Waals surface area contributed by atoms with Gasteiger partial charge in [0.15, 0.2) is 15.0 Å². The van der Waals surface area contributed by atoms with Crippen LogP contribution in [0.15, 0.2) is 29.3 Å². The Hall–Kier alpha value is -1.54. The summed E-state index contributed by atoms with van der Waals surface area (Å²) in [5, 5.41) is 7.02. The van der Waals surface area contributed by atoms with Crippen LogP contribution in [-0.4, -0.2) is 48.8 Å². The fourth-order valence-electron chi connectivity index (χ4n) is 3.56. The van der Waals surface area contributed by atoms with E-state index in [9.17, 15) is 13.2 Å². The maximum Gasteiger partial charge on any atom is 0.251 e. The summed E-state index contributed by atoms with van der Waals surface area (Å²) in [6.45, 7) is 5.05. The van der Waals surface area contributed by atoms with Crippen molar-refractivity contribution in [3.05, 3.63) is 29.8 Å². The molecule has 8 heteroatoms. The average molecular weight is 424 g/mol. The van der Waals surface area contributed by atoms with Crippen LogP contribution in [0.25, 0.3) is 0 Å². The van der Waals surface area contributed by atoms with Crippen molar-refractivity contribution in [3.63, 3.8) is 0 Å². The molecule has 2 heterocycles. The lowest BCUT2D eigenvalue weighted by atomic mass is 9.99. The van der Waals surface area contributed by atoms with Crippen molar-refractivity contribution in [3.8, 4) is 0 Å². The molecule has 6 nitrogen and oxygen atoms in total. The molecule has 1 amide bonds. The lowest BCUT2D eigenvalue weighted by Crippen LogP contribution is -2.29. The highest BCUT2D eigenvalue weighted by Crippen LogP contribution is 2.34. The van der Waals surface area contributed by atoms with Crippen molar-refractivity contribution in [1.82, 2.24) is 5.32 Å². The third-order valence-electron chi connectivity index (χ3n) is 5.29. The van der Waals surface area contributed by atoms with Gasteiger partial charge in [-0.3, -0.25) is 9.79 Å². The molecular formula is C20H29N3O3S2. The monoisotopic (exact) mass is 423 g/mol. The maximum absolute atomic E-state index is 12.5. The summed E-state index contributed by atoms with van der Waals surface area (Å²) in [7, 11) is -2.95. The molecule has 2 N–H and O–H groups in total. The molecule has 2 aliphatic rings. The van der Waals surface area contributed by atoms with E-state index in [0.29, 0.717) is 18.0 Å². The van der Waals surface area contributed by atoms with Gasteiger partial charge in [0.25, 0.3) is 5.91 Å². The number of rotatable bonds is 8. The van der Waals surface area contributed by atoms with Gasteiger partial charge in [0.1, 0.15) is 0 Å². The topological polar surface area (TPSA) is 87.6 Å². The predicted octanol–water partition coefficient (Wildman–Crippen LogP) is 3.31. The van der Waals surface area contributed by atoms with Gasteiger partial charge < -0.3 is 10.6 Å². The molecule has 28 heavy (non-hydrogen) atoms. The second kappa shape index (κ2) is 9.31. The standard InChI is InChI=1S/C20H29N3O3S2/c1-3-5-7-14(4-2)11-21-19(24)15-8-6-9-16(10-15)22-20-23-17-12-28(25,26)13-18(17)27-20/h6,8-10,14,17-18H,3-5,7,11-13H2,1-2H3,(H,21,24)(H,22,23)/t14-,17+,18+/m0/s1. The Bertz CT molecular complexity index is 839. The first kappa shape index (κ1) is 21.2. The number of amides is 1. The van der Waals surface area contributed by atoms with Crippen molar-refractivity contribution in [1.29, 1.82) is 0 Å². The number of nitrogens with one attached hydrogen (secondary N) is 2. The molecule has 154 valence electrons. The van der Waals surface area contributed by atoms with Crippen LogP contribution in [0.3, 0.4) is 0 Å². The average Bonchev–Trinajstić information content (AvgIpc) is 3.14. The number of unbranched alkanes of at least 4 members (excludes halogenated alkanes) is 1. The van der Waals surface area contributed by atoms with Gasteiger partial charge >= 0.3 is 0 Å². The highest BCUT2D eigenvalue weighted by Gasteiger charge is 2.42. The van der Waals surface area contributed by atoms with Gasteiger partial charge in [0.2, 0.25) is 0 Å². The summed E-state index contributed by atoms with van der Waals surface area (Å²) in [6.07, 6.45) is 4.57. The number of aliphatic imine (C=N–C) groups is 1. The number of hydrogen-bond donors (Lipinski definition) is 2. The minimum atomic E-state index is -2.95. The molecule has 0 aromatic heterocycles. The van der Waals surface area contributed by atoms with Crippen molar-refractivity contribution in [2.75, 3.05) is 23.4 Å². The van der Waals surface area contributed by atoms with Crippen LogP contribution >= 0.6 is 11.8 Å². The molecule has 3 atom stereocenters. The summed E-state index contributed by atoms with van der Waals surface area (Å²) in [5.74, 6) is 0.776. The Kier molecular flexibility index (Phi) is 7.04. The molecule has 0 saturated carbocycles. The van der Waals surface area contributed by atoms with E-state index >= 15 is 0 Å². The van der Waals surface area contributed by atoms with E-state index in [1.165, 1.54) is 24.6 Å². The zero-order chi connectivity index (χ0) is 20.1. The largest absolute Gasteiger partial charge is 0.352 e. The molecule has 0 unspecified atom stereocenters. The summed E-state index contributed by atoms with van der Waals surface area (Å²) in [6, 6.07) is 7.20. The molecule has 0 radical (unpaired) electrons. The van der Waals surface area contributed by atoms with E-state index < -0.39 is 9.84 Å². The first-order valence-corrected chi connectivity index (χ1v) is 12.7. The first-order valence-electron chi connectivity index (χ1n) is 10.0. The number of fused-ring (bicyclic) bond motifs is 1. The third-order valence-corrected chi connectivity index (χ3v) is 8.43. The smallest absolute Gasteiger partial charge is 0.251 e. The second-order valence-electron chi connectivity index (χ2n) is 7.57. The van der Waals surface area contributed by atoms with Gasteiger partial charge in [-0.05, 0) is 30.5 Å². The van der Waals surface area contributed by atoms with E-state index in [-0.39, 0.29) is 28.7 Å². The second-order valence-corrected chi connectivity index (χ2v) is 10.9. The summed E-state index contributed by atoms with van der Waals surface area (Å²) < 4.78 is 23.3. The molecule has 3 rings (SSSR count). The van der Waals surface area contributed by atoms with Crippen LogP contribution in [0.5, 0.6) is 0 Å². The maximum atomic E-state index is 12.5. The quantitative estimate of drug-likeness (QED) is 0.670. The molecule has 0 spiro atoms. The zero-order valence-corrected chi connectivity index (χ0v) is 18.1. The lowest BCUT2D eigenvalue weighted by Gasteiger charge is -2.15. The molecule has 1 saturated heterocycles. The normalized spacial score (nSPS) is 23.7. The molecule has 1 fully saturated rings. The van der Waals surface area contributed by atoms with Crippen molar-refractivity contribution < 1.29 is 13.2 Å². The summed E-state index contributed by atoms with van der Waals surface area (Å²) >= 11 is 1.48. The molecule has 1 aromatic rings. The van der Waals surface area contributed by atoms with Crippen LogP contribution in [-0.2, 0) is 9.84 Å². The molecule has 0 aliphatic carbocycles. The van der Waals surface area contributed by atoms with Gasteiger partial charge in [-0.15, -0.1) is 0 Å². The Morgan fingerprint density at radius 1 is 1.32 bits per heavy atom. The number of benzene rings is 1. The number of nitrogens with zero attached hydrogens (tertiary/aromatic N) is 1. The highest BCUT2D eigenvalue weighted by molar-refractivity contribution is 8.15.